The lowest BCUT2D eigenvalue weighted by molar-refractivity contribution is 0.567. The molecule has 2 heterocycles. The molecule has 0 spiro atoms. The number of hydrogen-bond donors (Lipinski definition) is 1. The lowest BCUT2D eigenvalue weighted by Gasteiger charge is -2.35. The topological polar surface area (TPSA) is 41.6 Å². The molecule has 296 valence electrons. The normalized spacial score (nSPS) is 16.2. The summed E-state index contributed by atoms with van der Waals surface area (Å²) in [4.78, 5) is 2.31. The highest BCUT2D eigenvalue weighted by atomic mass is 16.3. The summed E-state index contributed by atoms with van der Waals surface area (Å²) < 4.78 is 13.9. The van der Waals surface area contributed by atoms with Gasteiger partial charge in [0.05, 0.1) is 5.69 Å². The minimum absolute atomic E-state index is 0.0435. The Hall–Kier alpha value is -6.52. The summed E-state index contributed by atoms with van der Waals surface area (Å²) >= 11 is 0. The van der Waals surface area contributed by atoms with Crippen molar-refractivity contribution in [2.45, 2.75) is 64.2 Å². The van der Waals surface area contributed by atoms with Crippen LogP contribution in [0, 0.1) is 0 Å². The molecule has 10 aromatic rings. The van der Waals surface area contributed by atoms with Crippen LogP contribution in [0.25, 0.3) is 76.2 Å². The molecule has 4 nitrogen and oxygen atoms in total. The third kappa shape index (κ3) is 5.09. The number of rotatable bonds is 5. The number of anilines is 3. The lowest BCUT2D eigenvalue weighted by Crippen LogP contribution is -2.27. The van der Waals surface area contributed by atoms with Crippen LogP contribution in [0.2, 0.25) is 0 Å². The molecule has 0 aliphatic heterocycles. The van der Waals surface area contributed by atoms with Crippen molar-refractivity contribution in [3.8, 4) is 0 Å². The second kappa shape index (κ2) is 12.7. The average molecular weight is 783 g/mol. The van der Waals surface area contributed by atoms with Crippen LogP contribution in [0.4, 0.5) is 17.1 Å². The van der Waals surface area contributed by atoms with Gasteiger partial charge in [-0.3, -0.25) is 0 Å². The first-order chi connectivity index (χ1) is 28.9. The van der Waals surface area contributed by atoms with Gasteiger partial charge in [0, 0.05) is 79.9 Å². The molecule has 0 saturated heterocycles. The molecule has 0 fully saturated rings. The van der Waals surface area contributed by atoms with Gasteiger partial charge >= 0.3 is 0 Å². The Morgan fingerprint density at radius 1 is 0.533 bits per heavy atom. The molecule has 1 N–H and O–H groups in total. The maximum atomic E-state index is 7.06. The number of benzene rings is 8. The fourth-order valence-electron chi connectivity index (χ4n) is 10.5. The average Bonchev–Trinajstić information content (AvgIpc) is 3.83. The number of nitrogens with one attached hydrogen (secondary N) is 1. The van der Waals surface area contributed by atoms with Crippen LogP contribution >= 0.6 is 0 Å². The molecular formula is C56H50N2O2. The summed E-state index contributed by atoms with van der Waals surface area (Å²) in [5, 5.41) is 15.8. The summed E-state index contributed by atoms with van der Waals surface area (Å²) in [7, 11) is 4.24. The SMILES string of the molecule is CNc1c(C2(c3cccc4c3oc3c(C(C)(C)C)cccc34)C=CC=CC2)cc2ccc3c(N(C)c4cccc5c4oc4c(C(C)(C)C)cccc45)ccc4ccc1c2c43. The van der Waals surface area contributed by atoms with E-state index in [1.54, 1.807) is 0 Å². The number of fused-ring (bicyclic) bond motifs is 6. The van der Waals surface area contributed by atoms with E-state index in [1.165, 1.54) is 60.0 Å². The number of nitrogens with zero attached hydrogens (tertiary/aromatic N) is 1. The first-order valence-electron chi connectivity index (χ1n) is 21.3. The lowest BCUT2D eigenvalue weighted by atomic mass is 9.68. The van der Waals surface area contributed by atoms with Crippen molar-refractivity contribution in [3.05, 3.63) is 162 Å². The maximum Gasteiger partial charge on any atom is 0.159 e. The Morgan fingerprint density at radius 3 is 1.75 bits per heavy atom. The van der Waals surface area contributed by atoms with Crippen LogP contribution in [0.5, 0.6) is 0 Å². The van der Waals surface area contributed by atoms with Crippen LogP contribution in [-0.2, 0) is 16.2 Å². The van der Waals surface area contributed by atoms with Crippen LogP contribution in [-0.4, -0.2) is 14.1 Å². The highest BCUT2D eigenvalue weighted by molar-refractivity contribution is 6.28. The maximum absolute atomic E-state index is 7.06. The van der Waals surface area contributed by atoms with Crippen molar-refractivity contribution in [1.29, 1.82) is 0 Å². The third-order valence-electron chi connectivity index (χ3n) is 13.4. The molecule has 0 amide bonds. The molecule has 0 saturated carbocycles. The minimum Gasteiger partial charge on any atom is -0.455 e. The number of hydrogen-bond acceptors (Lipinski definition) is 4. The van der Waals surface area contributed by atoms with E-state index in [9.17, 15) is 0 Å². The summed E-state index contributed by atoms with van der Waals surface area (Å²) in [5.41, 5.74) is 11.4. The highest BCUT2D eigenvalue weighted by Gasteiger charge is 2.38. The van der Waals surface area contributed by atoms with Gasteiger partial charge in [0.2, 0.25) is 0 Å². The van der Waals surface area contributed by atoms with Crippen LogP contribution in [0.15, 0.2) is 148 Å². The first-order valence-corrected chi connectivity index (χ1v) is 21.3. The van der Waals surface area contributed by atoms with Crippen LogP contribution < -0.4 is 10.2 Å². The van der Waals surface area contributed by atoms with Crippen LogP contribution in [0.1, 0.15) is 70.2 Å². The Kier molecular flexibility index (Phi) is 7.76. The standard InChI is InChI=1S/C56H50N2O2/c1-54(2,3)41-20-12-16-35-36-18-14-22-43(52(36)59-50(35)41)56(30-10-9-11-31-56)44-32-34-25-27-39-45(29-26-33-24-28-40(49(44)57-7)48(34)47(33)39)58(8)46-23-15-19-38-37-17-13-21-42(55(4,5)6)51(37)60-53(38)46/h9-30,32,57H,31H2,1-8H3. The number of para-hydroxylation sites is 4. The number of allylic oxidation sites excluding steroid dienone is 4. The van der Waals surface area contributed by atoms with Gasteiger partial charge in [0.15, 0.2) is 5.58 Å². The van der Waals surface area contributed by atoms with Gasteiger partial charge in [-0.05, 0) is 62.6 Å². The Morgan fingerprint density at radius 2 is 1.10 bits per heavy atom. The zero-order valence-corrected chi connectivity index (χ0v) is 35.7. The van der Waals surface area contributed by atoms with Gasteiger partial charge in [-0.15, -0.1) is 0 Å². The van der Waals surface area contributed by atoms with Crippen LogP contribution in [0.3, 0.4) is 0 Å². The van der Waals surface area contributed by atoms with Crippen molar-refractivity contribution in [1.82, 2.24) is 0 Å². The van der Waals surface area contributed by atoms with E-state index in [0.717, 1.165) is 62.0 Å². The summed E-state index contributed by atoms with van der Waals surface area (Å²) in [6.07, 6.45) is 9.90. The highest BCUT2D eigenvalue weighted by Crippen LogP contribution is 2.52. The third-order valence-corrected chi connectivity index (χ3v) is 13.4. The van der Waals surface area contributed by atoms with E-state index >= 15 is 0 Å². The molecule has 1 aliphatic rings. The molecule has 0 bridgehead atoms. The van der Waals surface area contributed by atoms with E-state index in [2.05, 4.69) is 205 Å². The van der Waals surface area contributed by atoms with Crippen molar-refractivity contribution in [2.75, 3.05) is 24.3 Å². The minimum atomic E-state index is -0.476. The molecular weight excluding hydrogens is 733 g/mol. The Balaban J connectivity index is 1.12. The van der Waals surface area contributed by atoms with Crippen molar-refractivity contribution in [3.63, 3.8) is 0 Å². The predicted octanol–water partition coefficient (Wildman–Crippen LogP) is 15.6. The second-order valence-corrected chi connectivity index (χ2v) is 19.0. The van der Waals surface area contributed by atoms with Gasteiger partial charge < -0.3 is 19.1 Å². The molecule has 1 aliphatic carbocycles. The van der Waals surface area contributed by atoms with Gasteiger partial charge in [0.25, 0.3) is 0 Å². The Bertz CT molecular complexity index is 3430. The van der Waals surface area contributed by atoms with E-state index in [0.29, 0.717) is 0 Å². The first kappa shape index (κ1) is 36.6. The van der Waals surface area contributed by atoms with Gasteiger partial charge in [0.1, 0.15) is 16.7 Å². The van der Waals surface area contributed by atoms with Gasteiger partial charge in [-0.2, -0.15) is 0 Å². The quantitative estimate of drug-likeness (QED) is 0.177. The summed E-state index contributed by atoms with van der Waals surface area (Å²) in [6, 6.07) is 42.6. The summed E-state index contributed by atoms with van der Waals surface area (Å²) in [6.45, 7) is 13.5. The molecule has 60 heavy (non-hydrogen) atoms. The smallest absolute Gasteiger partial charge is 0.159 e. The number of furan rings is 2. The molecule has 1 unspecified atom stereocenters. The molecule has 0 radical (unpaired) electrons. The largest absolute Gasteiger partial charge is 0.455 e. The molecule has 1 atom stereocenters. The molecule has 2 aromatic heterocycles. The van der Waals surface area contributed by atoms with Crippen molar-refractivity contribution in [2.24, 2.45) is 0 Å². The van der Waals surface area contributed by atoms with Gasteiger partial charge in [-0.1, -0.05) is 163 Å². The van der Waals surface area contributed by atoms with Crippen molar-refractivity contribution < 1.29 is 8.83 Å². The zero-order valence-electron chi connectivity index (χ0n) is 35.7. The van der Waals surface area contributed by atoms with Crippen molar-refractivity contribution >= 4 is 93.3 Å². The zero-order chi connectivity index (χ0) is 41.3. The van der Waals surface area contributed by atoms with E-state index < -0.39 is 5.41 Å². The predicted molar refractivity (Wildman–Crippen MR) is 256 cm³/mol. The van der Waals surface area contributed by atoms with Gasteiger partial charge in [-0.25, -0.2) is 0 Å². The van der Waals surface area contributed by atoms with E-state index in [1.807, 2.05) is 0 Å². The second-order valence-electron chi connectivity index (χ2n) is 19.0. The fraction of sp³-hybridized carbons (Fsp3) is 0.214. The monoisotopic (exact) mass is 782 g/mol. The van der Waals surface area contributed by atoms with E-state index in [4.69, 9.17) is 8.83 Å². The molecule has 4 heteroatoms. The summed E-state index contributed by atoms with van der Waals surface area (Å²) in [5.74, 6) is 0. The fourth-order valence-corrected chi connectivity index (χ4v) is 10.5. The molecule has 8 aromatic carbocycles. The Labute approximate surface area is 351 Å². The van der Waals surface area contributed by atoms with E-state index in [-0.39, 0.29) is 10.8 Å². The molecule has 11 rings (SSSR count).